The fourth-order valence-corrected chi connectivity index (χ4v) is 2.75. The van der Waals surface area contributed by atoms with Gasteiger partial charge in [-0.3, -0.25) is 0 Å². The van der Waals surface area contributed by atoms with Crippen LogP contribution < -0.4 is 0 Å². The normalized spacial score (nSPS) is 14.5. The van der Waals surface area contributed by atoms with Crippen LogP contribution in [0.3, 0.4) is 0 Å². The molecule has 3 aromatic rings. The first-order valence-electron chi connectivity index (χ1n) is 7.02. The van der Waals surface area contributed by atoms with Crippen LogP contribution in [-0.2, 0) is 0 Å². The molecule has 4 N–H and O–H groups in total. The molecule has 1 fully saturated rings. The second-order valence-corrected chi connectivity index (χ2v) is 5.49. The van der Waals surface area contributed by atoms with Gasteiger partial charge in [-0.1, -0.05) is 30.3 Å². The van der Waals surface area contributed by atoms with Crippen molar-refractivity contribution in [3.05, 3.63) is 30.3 Å². The second kappa shape index (κ2) is 4.30. The highest BCUT2D eigenvalue weighted by molar-refractivity contribution is 5.95. The fraction of sp³-hybridized carbons (Fsp3) is 0.188. The summed E-state index contributed by atoms with van der Waals surface area (Å²) in [6.07, 6.45) is 1.88. The van der Waals surface area contributed by atoms with E-state index in [2.05, 4.69) is 4.98 Å². The van der Waals surface area contributed by atoms with E-state index in [0.29, 0.717) is 5.82 Å². The van der Waals surface area contributed by atoms with Crippen LogP contribution in [0.1, 0.15) is 18.9 Å². The molecule has 1 aliphatic rings. The zero-order valence-corrected chi connectivity index (χ0v) is 11.6. The van der Waals surface area contributed by atoms with Crippen molar-refractivity contribution in [2.75, 3.05) is 0 Å². The number of nitrogens with zero attached hydrogens (tertiary/aromatic N) is 2. The number of phenols is 4. The maximum atomic E-state index is 10.2. The molecular weight excluding hydrogens is 284 g/mol. The summed E-state index contributed by atoms with van der Waals surface area (Å²) < 4.78 is 1.82. The Morgan fingerprint density at radius 1 is 0.864 bits per heavy atom. The maximum Gasteiger partial charge on any atom is 0.206 e. The minimum atomic E-state index is -0.759. The quantitative estimate of drug-likeness (QED) is 0.431. The van der Waals surface area contributed by atoms with E-state index in [1.165, 1.54) is 0 Å². The Labute approximate surface area is 125 Å². The molecule has 0 atom stereocenters. The third-order valence-electron chi connectivity index (χ3n) is 3.98. The van der Waals surface area contributed by atoms with Gasteiger partial charge in [0.05, 0.1) is 0 Å². The summed E-state index contributed by atoms with van der Waals surface area (Å²) in [6, 6.07) is 9.57. The molecule has 22 heavy (non-hydrogen) atoms. The number of imidazole rings is 1. The van der Waals surface area contributed by atoms with E-state index < -0.39 is 23.0 Å². The summed E-state index contributed by atoms with van der Waals surface area (Å²) in [6.45, 7) is 0. The molecule has 0 amide bonds. The third-order valence-corrected chi connectivity index (χ3v) is 3.98. The molecule has 0 unspecified atom stereocenters. The van der Waals surface area contributed by atoms with Crippen LogP contribution in [0.4, 0.5) is 0 Å². The van der Waals surface area contributed by atoms with Crippen LogP contribution in [0.2, 0.25) is 0 Å². The smallest absolute Gasteiger partial charge is 0.206 e. The lowest BCUT2D eigenvalue weighted by Gasteiger charge is -2.10. The van der Waals surface area contributed by atoms with Crippen molar-refractivity contribution in [1.82, 2.24) is 9.55 Å². The summed E-state index contributed by atoms with van der Waals surface area (Å²) >= 11 is 0. The molecular formula is C16H14N2O4. The predicted molar refractivity (Wildman–Crippen MR) is 80.1 cm³/mol. The minimum absolute atomic E-state index is 0.0820. The van der Waals surface area contributed by atoms with E-state index >= 15 is 0 Å². The maximum absolute atomic E-state index is 10.2. The summed E-state index contributed by atoms with van der Waals surface area (Å²) in [7, 11) is 0. The van der Waals surface area contributed by atoms with Crippen molar-refractivity contribution < 1.29 is 20.4 Å². The van der Waals surface area contributed by atoms with E-state index in [0.717, 1.165) is 18.4 Å². The largest absolute Gasteiger partial charge is 0.503 e. The van der Waals surface area contributed by atoms with Crippen molar-refractivity contribution in [1.29, 1.82) is 0 Å². The molecule has 6 nitrogen and oxygen atoms in total. The van der Waals surface area contributed by atoms with Crippen LogP contribution in [0.5, 0.6) is 23.0 Å². The molecule has 0 aliphatic heterocycles. The molecule has 4 rings (SSSR count). The summed E-state index contributed by atoms with van der Waals surface area (Å²) in [5.41, 5.74) is 1.16. The first kappa shape index (κ1) is 12.8. The SMILES string of the molecule is Oc1c(O)c(O)c2c(nc(-c3ccccc3)n2C2CC2)c1O. The number of aromatic nitrogens is 2. The molecule has 1 aliphatic carbocycles. The van der Waals surface area contributed by atoms with Crippen molar-refractivity contribution in [3.8, 4) is 34.4 Å². The van der Waals surface area contributed by atoms with E-state index in [1.807, 2.05) is 34.9 Å². The highest BCUT2D eigenvalue weighted by Crippen LogP contribution is 2.52. The zero-order valence-electron chi connectivity index (χ0n) is 11.6. The molecule has 0 radical (unpaired) electrons. The topological polar surface area (TPSA) is 98.7 Å². The number of hydrogen-bond donors (Lipinski definition) is 4. The Bertz CT molecular complexity index is 883. The fourth-order valence-electron chi connectivity index (χ4n) is 2.75. The van der Waals surface area contributed by atoms with Gasteiger partial charge in [-0.25, -0.2) is 4.98 Å². The average Bonchev–Trinajstić information content (AvgIpc) is 3.31. The van der Waals surface area contributed by atoms with Gasteiger partial charge in [0.25, 0.3) is 0 Å². The van der Waals surface area contributed by atoms with Gasteiger partial charge >= 0.3 is 0 Å². The van der Waals surface area contributed by atoms with Gasteiger partial charge in [0.15, 0.2) is 11.5 Å². The number of benzene rings is 2. The Morgan fingerprint density at radius 2 is 1.50 bits per heavy atom. The van der Waals surface area contributed by atoms with Gasteiger partial charge in [-0.2, -0.15) is 0 Å². The summed E-state index contributed by atoms with van der Waals surface area (Å²) in [5.74, 6) is -1.89. The van der Waals surface area contributed by atoms with Crippen molar-refractivity contribution in [3.63, 3.8) is 0 Å². The Morgan fingerprint density at radius 3 is 2.14 bits per heavy atom. The van der Waals surface area contributed by atoms with E-state index in [1.54, 1.807) is 0 Å². The number of aromatic hydroxyl groups is 4. The van der Waals surface area contributed by atoms with Crippen molar-refractivity contribution >= 4 is 11.0 Å². The molecule has 1 saturated carbocycles. The molecule has 112 valence electrons. The standard InChI is InChI=1S/C16H14N2O4/c19-12-10-11(13(20)15(22)14(12)21)18(9-6-7-9)16(17-10)8-4-2-1-3-5-8/h1-5,9,19-22H,6-7H2. The van der Waals surface area contributed by atoms with Gasteiger partial charge in [0.1, 0.15) is 16.9 Å². The van der Waals surface area contributed by atoms with Gasteiger partial charge in [0.2, 0.25) is 11.5 Å². The van der Waals surface area contributed by atoms with Gasteiger partial charge in [-0.15, -0.1) is 0 Å². The second-order valence-electron chi connectivity index (χ2n) is 5.49. The Hall–Kier alpha value is -2.89. The van der Waals surface area contributed by atoms with Gasteiger partial charge < -0.3 is 25.0 Å². The predicted octanol–water partition coefficient (Wildman–Crippen LogP) is 2.86. The van der Waals surface area contributed by atoms with E-state index in [4.69, 9.17) is 0 Å². The minimum Gasteiger partial charge on any atom is -0.503 e. The number of phenolic OH excluding ortho intramolecular Hbond substituents is 4. The molecule has 1 aromatic heterocycles. The first-order chi connectivity index (χ1) is 10.6. The third kappa shape index (κ3) is 1.64. The van der Waals surface area contributed by atoms with Crippen molar-refractivity contribution in [2.24, 2.45) is 0 Å². The molecule has 6 heteroatoms. The lowest BCUT2D eigenvalue weighted by molar-refractivity contribution is 0.349. The van der Waals surface area contributed by atoms with Crippen molar-refractivity contribution in [2.45, 2.75) is 18.9 Å². The zero-order chi connectivity index (χ0) is 15.4. The number of hydrogen-bond acceptors (Lipinski definition) is 5. The molecule has 0 saturated heterocycles. The van der Waals surface area contributed by atoms with E-state index in [9.17, 15) is 20.4 Å². The Kier molecular flexibility index (Phi) is 2.51. The molecule has 2 aromatic carbocycles. The van der Waals surface area contributed by atoms with Crippen LogP contribution in [0.25, 0.3) is 22.4 Å². The molecule has 0 bridgehead atoms. The lowest BCUT2D eigenvalue weighted by atomic mass is 10.2. The first-order valence-corrected chi connectivity index (χ1v) is 7.02. The van der Waals surface area contributed by atoms with Gasteiger partial charge in [0, 0.05) is 11.6 Å². The molecule has 0 spiro atoms. The Balaban J connectivity index is 2.13. The number of rotatable bonds is 2. The summed E-state index contributed by atoms with van der Waals surface area (Å²) in [5, 5.41) is 39.7. The summed E-state index contributed by atoms with van der Waals surface area (Å²) in [4.78, 5) is 4.39. The monoisotopic (exact) mass is 298 g/mol. The highest BCUT2D eigenvalue weighted by atomic mass is 16.3. The lowest BCUT2D eigenvalue weighted by Crippen LogP contribution is -1.97. The van der Waals surface area contributed by atoms with Crippen LogP contribution in [-0.4, -0.2) is 30.0 Å². The number of fused-ring (bicyclic) bond motifs is 1. The van der Waals surface area contributed by atoms with E-state index in [-0.39, 0.29) is 17.1 Å². The molecule has 1 heterocycles. The van der Waals surface area contributed by atoms with Crippen LogP contribution in [0, 0.1) is 0 Å². The van der Waals surface area contributed by atoms with Gasteiger partial charge in [-0.05, 0) is 12.8 Å². The van der Waals surface area contributed by atoms with Crippen LogP contribution in [0.15, 0.2) is 30.3 Å². The average molecular weight is 298 g/mol. The van der Waals surface area contributed by atoms with Crippen LogP contribution >= 0.6 is 0 Å². The highest BCUT2D eigenvalue weighted by Gasteiger charge is 2.33.